The third-order valence-electron chi connectivity index (χ3n) is 2.00. The number of halogens is 5. The molecule has 0 spiro atoms. The Hall–Kier alpha value is -1.30. The Morgan fingerprint density at radius 3 is 2.47 bits per heavy atom. The smallest absolute Gasteiger partial charge is 0.419 e. The molecule has 1 aromatic rings. The third-order valence-corrected chi connectivity index (χ3v) is 2.43. The van der Waals surface area contributed by atoms with Crippen LogP contribution in [0, 0.1) is 5.82 Å². The molecule has 0 aliphatic heterocycles. The zero-order valence-corrected chi connectivity index (χ0v) is 9.27. The Morgan fingerprint density at radius 1 is 1.41 bits per heavy atom. The number of alkyl halides is 4. The van der Waals surface area contributed by atoms with Crippen LogP contribution >= 0.6 is 11.6 Å². The normalized spacial score (nSPS) is 13.3. The first-order valence-electron chi connectivity index (χ1n) is 4.36. The van der Waals surface area contributed by atoms with Gasteiger partial charge in [-0.15, -0.1) is 11.6 Å². The van der Waals surface area contributed by atoms with E-state index in [1.165, 1.54) is 0 Å². The van der Waals surface area contributed by atoms with Gasteiger partial charge in [-0.3, -0.25) is 4.79 Å². The van der Waals surface area contributed by atoms with Gasteiger partial charge in [0.15, 0.2) is 5.38 Å². The Bertz CT molecular complexity index is 431. The number of methoxy groups -OCH3 is 1. The molecule has 0 fully saturated rings. The van der Waals surface area contributed by atoms with E-state index in [1.54, 1.807) is 0 Å². The minimum atomic E-state index is -4.84. The predicted octanol–water partition coefficient (Wildman–Crippen LogP) is 3.30. The molecule has 0 heterocycles. The molecule has 1 atom stereocenters. The molecule has 17 heavy (non-hydrogen) atoms. The predicted molar refractivity (Wildman–Crippen MR) is 52.0 cm³/mol. The zero-order chi connectivity index (χ0) is 13.2. The van der Waals surface area contributed by atoms with Gasteiger partial charge in [0.1, 0.15) is 5.82 Å². The van der Waals surface area contributed by atoms with Crippen LogP contribution in [0.1, 0.15) is 16.5 Å². The van der Waals surface area contributed by atoms with Crippen molar-refractivity contribution in [3.05, 3.63) is 35.1 Å². The minimum Gasteiger partial charge on any atom is -0.468 e. The van der Waals surface area contributed by atoms with Crippen LogP contribution < -0.4 is 0 Å². The molecule has 0 amide bonds. The summed E-state index contributed by atoms with van der Waals surface area (Å²) < 4.78 is 54.3. The van der Waals surface area contributed by atoms with Crippen molar-refractivity contribution < 1.29 is 27.1 Å². The molecule has 0 radical (unpaired) electrons. The van der Waals surface area contributed by atoms with Crippen molar-refractivity contribution in [3.63, 3.8) is 0 Å². The van der Waals surface area contributed by atoms with Crippen molar-refractivity contribution in [1.29, 1.82) is 0 Å². The van der Waals surface area contributed by atoms with Crippen LogP contribution in [0.15, 0.2) is 18.2 Å². The standard InChI is InChI=1S/C10H7ClF4O2/c1-17-9(16)8(11)5-2-3-7(12)6(4-5)10(13,14)15/h2-4,8H,1H3. The number of esters is 1. The maximum absolute atomic E-state index is 12.9. The zero-order valence-electron chi connectivity index (χ0n) is 8.52. The number of carbonyl (C=O) groups excluding carboxylic acids is 1. The molecule has 7 heteroatoms. The summed E-state index contributed by atoms with van der Waals surface area (Å²) in [6, 6.07) is 2.10. The largest absolute Gasteiger partial charge is 0.468 e. The quantitative estimate of drug-likeness (QED) is 0.468. The van der Waals surface area contributed by atoms with Gasteiger partial charge in [0.2, 0.25) is 0 Å². The molecule has 2 nitrogen and oxygen atoms in total. The highest BCUT2D eigenvalue weighted by molar-refractivity contribution is 6.29. The van der Waals surface area contributed by atoms with E-state index < -0.39 is 28.9 Å². The van der Waals surface area contributed by atoms with Crippen LogP contribution in [0.25, 0.3) is 0 Å². The molecular formula is C10H7ClF4O2. The average molecular weight is 271 g/mol. The van der Waals surface area contributed by atoms with Crippen molar-refractivity contribution in [2.45, 2.75) is 11.6 Å². The lowest BCUT2D eigenvalue weighted by atomic mass is 10.1. The van der Waals surface area contributed by atoms with E-state index in [4.69, 9.17) is 11.6 Å². The number of hydrogen-bond acceptors (Lipinski definition) is 2. The first-order chi connectivity index (χ1) is 7.77. The molecule has 1 unspecified atom stereocenters. The number of benzene rings is 1. The molecule has 1 aromatic carbocycles. The Morgan fingerprint density at radius 2 is 2.00 bits per heavy atom. The molecule has 0 aliphatic carbocycles. The van der Waals surface area contributed by atoms with Crippen LogP contribution in [0.4, 0.5) is 17.6 Å². The SMILES string of the molecule is COC(=O)C(Cl)c1ccc(F)c(C(F)(F)F)c1. The summed E-state index contributed by atoms with van der Waals surface area (Å²) >= 11 is 5.57. The summed E-state index contributed by atoms with van der Waals surface area (Å²) in [6.07, 6.45) is -4.84. The fourth-order valence-corrected chi connectivity index (χ4v) is 1.38. The molecule has 0 aromatic heterocycles. The average Bonchev–Trinajstić information content (AvgIpc) is 2.26. The van der Waals surface area contributed by atoms with Gasteiger partial charge >= 0.3 is 12.1 Å². The second-order valence-electron chi connectivity index (χ2n) is 3.12. The summed E-state index contributed by atoms with van der Waals surface area (Å²) in [5, 5.41) is -1.40. The van der Waals surface area contributed by atoms with Gasteiger partial charge in [-0.2, -0.15) is 13.2 Å². The van der Waals surface area contributed by atoms with Crippen LogP contribution in [0.5, 0.6) is 0 Å². The maximum atomic E-state index is 12.9. The second kappa shape index (κ2) is 4.91. The molecule has 0 saturated heterocycles. The van der Waals surface area contributed by atoms with E-state index in [1.807, 2.05) is 0 Å². The van der Waals surface area contributed by atoms with E-state index >= 15 is 0 Å². The summed E-state index contributed by atoms with van der Waals surface area (Å²) in [5.41, 5.74) is -1.64. The maximum Gasteiger partial charge on any atom is 0.419 e. The second-order valence-corrected chi connectivity index (χ2v) is 3.56. The van der Waals surface area contributed by atoms with E-state index in [0.717, 1.165) is 13.2 Å². The highest BCUT2D eigenvalue weighted by Gasteiger charge is 2.35. The van der Waals surface area contributed by atoms with Crippen molar-refractivity contribution in [3.8, 4) is 0 Å². The highest BCUT2D eigenvalue weighted by Crippen LogP contribution is 2.34. The molecule has 1 rings (SSSR count). The third kappa shape index (κ3) is 3.09. The summed E-state index contributed by atoms with van der Waals surface area (Å²) in [4.78, 5) is 11.0. The van der Waals surface area contributed by atoms with Crippen LogP contribution in [-0.4, -0.2) is 13.1 Å². The number of hydrogen-bond donors (Lipinski definition) is 0. The fraction of sp³-hybridized carbons (Fsp3) is 0.300. The van der Waals surface area contributed by atoms with Gasteiger partial charge in [0.25, 0.3) is 0 Å². The van der Waals surface area contributed by atoms with E-state index in [0.29, 0.717) is 12.1 Å². The van der Waals surface area contributed by atoms with Crippen LogP contribution in [0.3, 0.4) is 0 Å². The number of carbonyl (C=O) groups is 1. The minimum absolute atomic E-state index is 0.174. The Kier molecular flexibility index (Phi) is 3.98. The van der Waals surface area contributed by atoms with Gasteiger partial charge in [-0.25, -0.2) is 4.39 Å². The fourth-order valence-electron chi connectivity index (χ4n) is 1.16. The van der Waals surface area contributed by atoms with Crippen molar-refractivity contribution in [2.24, 2.45) is 0 Å². The van der Waals surface area contributed by atoms with E-state index in [-0.39, 0.29) is 5.56 Å². The van der Waals surface area contributed by atoms with Gasteiger partial charge in [0, 0.05) is 0 Å². The molecule has 0 bridgehead atoms. The Labute approximate surface area is 99.1 Å². The van der Waals surface area contributed by atoms with Crippen LogP contribution in [-0.2, 0) is 15.7 Å². The van der Waals surface area contributed by atoms with Crippen molar-refractivity contribution in [1.82, 2.24) is 0 Å². The van der Waals surface area contributed by atoms with Gasteiger partial charge in [-0.1, -0.05) is 6.07 Å². The monoisotopic (exact) mass is 270 g/mol. The highest BCUT2D eigenvalue weighted by atomic mass is 35.5. The van der Waals surface area contributed by atoms with Gasteiger partial charge in [0.05, 0.1) is 12.7 Å². The Balaban J connectivity index is 3.17. The lowest BCUT2D eigenvalue weighted by Crippen LogP contribution is -2.12. The van der Waals surface area contributed by atoms with E-state index in [2.05, 4.69) is 4.74 Å². The molecular weight excluding hydrogens is 264 g/mol. The first kappa shape index (κ1) is 13.8. The lowest BCUT2D eigenvalue weighted by Gasteiger charge is -2.12. The molecule has 0 aliphatic rings. The van der Waals surface area contributed by atoms with Crippen molar-refractivity contribution >= 4 is 17.6 Å². The number of ether oxygens (including phenoxy) is 1. The van der Waals surface area contributed by atoms with Crippen molar-refractivity contribution in [2.75, 3.05) is 7.11 Å². The molecule has 0 N–H and O–H groups in total. The first-order valence-corrected chi connectivity index (χ1v) is 4.79. The summed E-state index contributed by atoms with van der Waals surface area (Å²) in [6.45, 7) is 0. The number of rotatable bonds is 2. The van der Waals surface area contributed by atoms with Gasteiger partial charge in [-0.05, 0) is 17.7 Å². The van der Waals surface area contributed by atoms with Crippen LogP contribution in [0.2, 0.25) is 0 Å². The lowest BCUT2D eigenvalue weighted by molar-refractivity contribution is -0.142. The molecule has 0 saturated carbocycles. The summed E-state index contributed by atoms with van der Waals surface area (Å²) in [5.74, 6) is -2.33. The molecule has 94 valence electrons. The van der Waals surface area contributed by atoms with E-state index in [9.17, 15) is 22.4 Å². The summed E-state index contributed by atoms with van der Waals surface area (Å²) in [7, 11) is 1.05. The topological polar surface area (TPSA) is 26.3 Å². The van der Waals surface area contributed by atoms with Gasteiger partial charge < -0.3 is 4.74 Å².